The highest BCUT2D eigenvalue weighted by Crippen LogP contribution is 2.17. The van der Waals surface area contributed by atoms with Crippen molar-refractivity contribution in [3.63, 3.8) is 0 Å². The van der Waals surface area contributed by atoms with Gasteiger partial charge in [0.25, 0.3) is 0 Å². The van der Waals surface area contributed by atoms with Crippen LogP contribution >= 0.6 is 11.6 Å². The second kappa shape index (κ2) is 7.04. The van der Waals surface area contributed by atoms with Crippen molar-refractivity contribution in [1.82, 2.24) is 5.32 Å². The standard InChI is InChI=1S/C16H14ClFN2/c17-15-8-12(6-7-16(15)18)10-20-11-14(9-19)13-4-2-1-3-5-13/h1-8,14,20H,10-11H2. The molecule has 0 saturated heterocycles. The summed E-state index contributed by atoms with van der Waals surface area (Å²) in [6, 6.07) is 16.5. The van der Waals surface area contributed by atoms with Gasteiger partial charge < -0.3 is 5.32 Å². The molecule has 1 atom stereocenters. The van der Waals surface area contributed by atoms with Crippen LogP contribution in [0.5, 0.6) is 0 Å². The van der Waals surface area contributed by atoms with E-state index in [9.17, 15) is 9.65 Å². The van der Waals surface area contributed by atoms with Crippen LogP contribution < -0.4 is 5.32 Å². The first-order valence-electron chi connectivity index (χ1n) is 6.30. The van der Waals surface area contributed by atoms with Crippen LogP contribution in [-0.4, -0.2) is 6.54 Å². The van der Waals surface area contributed by atoms with E-state index in [1.807, 2.05) is 30.3 Å². The van der Waals surface area contributed by atoms with E-state index in [4.69, 9.17) is 11.6 Å². The van der Waals surface area contributed by atoms with Gasteiger partial charge in [-0.3, -0.25) is 0 Å². The summed E-state index contributed by atoms with van der Waals surface area (Å²) in [5.74, 6) is -0.623. The number of nitrogens with zero attached hydrogens (tertiary/aromatic N) is 1. The van der Waals surface area contributed by atoms with E-state index in [-0.39, 0.29) is 10.9 Å². The molecular formula is C16H14ClFN2. The SMILES string of the molecule is N#CC(CNCc1ccc(F)c(Cl)c1)c1ccccc1. The summed E-state index contributed by atoms with van der Waals surface area (Å²) in [5, 5.41) is 12.5. The molecule has 0 heterocycles. The number of hydrogen-bond donors (Lipinski definition) is 1. The molecule has 0 bridgehead atoms. The van der Waals surface area contributed by atoms with E-state index in [0.29, 0.717) is 13.1 Å². The third kappa shape index (κ3) is 3.80. The van der Waals surface area contributed by atoms with Gasteiger partial charge in [-0.2, -0.15) is 5.26 Å². The fourth-order valence-corrected chi connectivity index (χ4v) is 2.14. The zero-order chi connectivity index (χ0) is 14.4. The van der Waals surface area contributed by atoms with Gasteiger partial charge in [0.05, 0.1) is 17.0 Å². The molecule has 4 heteroatoms. The molecule has 0 aliphatic heterocycles. The zero-order valence-corrected chi connectivity index (χ0v) is 11.6. The molecule has 2 rings (SSSR count). The molecule has 1 unspecified atom stereocenters. The number of rotatable bonds is 5. The van der Waals surface area contributed by atoms with Crippen LogP contribution in [0.25, 0.3) is 0 Å². The molecule has 0 aliphatic rings. The summed E-state index contributed by atoms with van der Waals surface area (Å²) < 4.78 is 13.0. The van der Waals surface area contributed by atoms with Crippen molar-refractivity contribution >= 4 is 11.6 Å². The highest BCUT2D eigenvalue weighted by atomic mass is 35.5. The van der Waals surface area contributed by atoms with Crippen molar-refractivity contribution in [2.45, 2.75) is 12.5 Å². The van der Waals surface area contributed by atoms with E-state index in [2.05, 4.69) is 11.4 Å². The van der Waals surface area contributed by atoms with Gasteiger partial charge in [-0.25, -0.2) is 4.39 Å². The Kier molecular flexibility index (Phi) is 5.11. The Morgan fingerprint density at radius 2 is 1.95 bits per heavy atom. The quantitative estimate of drug-likeness (QED) is 0.906. The molecule has 20 heavy (non-hydrogen) atoms. The maximum absolute atomic E-state index is 13.0. The van der Waals surface area contributed by atoms with Crippen molar-refractivity contribution in [2.75, 3.05) is 6.54 Å². The van der Waals surface area contributed by atoms with E-state index in [1.54, 1.807) is 12.1 Å². The van der Waals surface area contributed by atoms with Crippen molar-refractivity contribution in [3.05, 3.63) is 70.5 Å². The second-order valence-corrected chi connectivity index (χ2v) is 4.88. The Morgan fingerprint density at radius 3 is 2.60 bits per heavy atom. The third-order valence-corrected chi connectivity index (χ3v) is 3.31. The Bertz CT molecular complexity index is 608. The van der Waals surface area contributed by atoms with Gasteiger partial charge in [-0.15, -0.1) is 0 Å². The van der Waals surface area contributed by atoms with Gasteiger partial charge in [0.15, 0.2) is 0 Å². The van der Waals surface area contributed by atoms with Crippen LogP contribution in [0.4, 0.5) is 4.39 Å². The first-order valence-corrected chi connectivity index (χ1v) is 6.67. The lowest BCUT2D eigenvalue weighted by Crippen LogP contribution is -2.20. The molecule has 0 fully saturated rings. The van der Waals surface area contributed by atoms with E-state index in [1.165, 1.54) is 6.07 Å². The maximum atomic E-state index is 13.0. The minimum absolute atomic E-state index is 0.115. The van der Waals surface area contributed by atoms with Crippen LogP contribution in [0.15, 0.2) is 48.5 Å². The molecule has 0 spiro atoms. The Hall–Kier alpha value is -1.89. The van der Waals surface area contributed by atoms with Crippen LogP contribution in [0, 0.1) is 17.1 Å². The summed E-state index contributed by atoms with van der Waals surface area (Å²) >= 11 is 5.72. The van der Waals surface area contributed by atoms with Crippen molar-refractivity contribution in [1.29, 1.82) is 5.26 Å². The number of benzene rings is 2. The summed E-state index contributed by atoms with van der Waals surface area (Å²) in [7, 11) is 0. The lowest BCUT2D eigenvalue weighted by Gasteiger charge is -2.11. The minimum atomic E-state index is -0.422. The molecule has 102 valence electrons. The maximum Gasteiger partial charge on any atom is 0.141 e. The van der Waals surface area contributed by atoms with Gasteiger partial charge in [0, 0.05) is 13.1 Å². The highest BCUT2D eigenvalue weighted by Gasteiger charge is 2.09. The summed E-state index contributed by atoms with van der Waals surface area (Å²) in [6.07, 6.45) is 0. The first kappa shape index (κ1) is 14.5. The van der Waals surface area contributed by atoms with E-state index >= 15 is 0 Å². The Balaban J connectivity index is 1.91. The number of nitriles is 1. The minimum Gasteiger partial charge on any atom is -0.311 e. The monoisotopic (exact) mass is 288 g/mol. The van der Waals surface area contributed by atoms with Gasteiger partial charge in [-0.1, -0.05) is 48.0 Å². The first-order chi connectivity index (χ1) is 9.70. The lowest BCUT2D eigenvalue weighted by atomic mass is 10.0. The van der Waals surface area contributed by atoms with Crippen LogP contribution in [0.3, 0.4) is 0 Å². The predicted molar refractivity (Wildman–Crippen MR) is 77.9 cm³/mol. The van der Waals surface area contributed by atoms with Crippen LogP contribution in [0.1, 0.15) is 17.0 Å². The zero-order valence-electron chi connectivity index (χ0n) is 10.8. The molecule has 2 aromatic rings. The van der Waals surface area contributed by atoms with Crippen molar-refractivity contribution in [2.24, 2.45) is 0 Å². The predicted octanol–water partition coefficient (Wildman–Crippen LogP) is 3.88. The summed E-state index contributed by atoms with van der Waals surface area (Å²) in [5.41, 5.74) is 1.88. The second-order valence-electron chi connectivity index (χ2n) is 4.47. The number of halogens is 2. The molecule has 1 N–H and O–H groups in total. The molecule has 2 aromatic carbocycles. The molecule has 0 aliphatic carbocycles. The lowest BCUT2D eigenvalue weighted by molar-refractivity contribution is 0.623. The average molecular weight is 289 g/mol. The topological polar surface area (TPSA) is 35.8 Å². The Morgan fingerprint density at radius 1 is 1.20 bits per heavy atom. The summed E-state index contributed by atoms with van der Waals surface area (Å²) in [6.45, 7) is 1.08. The van der Waals surface area contributed by atoms with Gasteiger partial charge in [0.2, 0.25) is 0 Å². The fraction of sp³-hybridized carbons (Fsp3) is 0.188. The van der Waals surface area contributed by atoms with Crippen molar-refractivity contribution in [3.8, 4) is 6.07 Å². The highest BCUT2D eigenvalue weighted by molar-refractivity contribution is 6.30. The largest absolute Gasteiger partial charge is 0.311 e. The van der Waals surface area contributed by atoms with Crippen LogP contribution in [-0.2, 0) is 6.54 Å². The fourth-order valence-electron chi connectivity index (χ4n) is 1.93. The van der Waals surface area contributed by atoms with Gasteiger partial charge in [0.1, 0.15) is 5.82 Å². The molecule has 0 saturated carbocycles. The molecule has 0 aromatic heterocycles. The molecule has 0 radical (unpaired) electrons. The molecular weight excluding hydrogens is 275 g/mol. The van der Waals surface area contributed by atoms with Crippen LogP contribution in [0.2, 0.25) is 5.02 Å². The van der Waals surface area contributed by atoms with Crippen molar-refractivity contribution < 1.29 is 4.39 Å². The number of nitrogens with one attached hydrogen (secondary N) is 1. The number of hydrogen-bond acceptors (Lipinski definition) is 2. The Labute approximate surface area is 122 Å². The smallest absolute Gasteiger partial charge is 0.141 e. The third-order valence-electron chi connectivity index (χ3n) is 3.02. The normalized spacial score (nSPS) is 11.8. The molecule has 2 nitrogen and oxygen atoms in total. The van der Waals surface area contributed by atoms with E-state index in [0.717, 1.165) is 11.1 Å². The molecule has 0 amide bonds. The van der Waals surface area contributed by atoms with Gasteiger partial charge >= 0.3 is 0 Å². The summed E-state index contributed by atoms with van der Waals surface area (Å²) in [4.78, 5) is 0. The average Bonchev–Trinajstić information content (AvgIpc) is 2.48. The van der Waals surface area contributed by atoms with Gasteiger partial charge in [-0.05, 0) is 23.3 Å². The van der Waals surface area contributed by atoms with E-state index < -0.39 is 5.82 Å².